The third kappa shape index (κ3) is 27.3. The molecule has 4 aromatic carbocycles. The number of aliphatic carboxylic acids is 4. The molecule has 2 heterocycles. The molecule has 0 aliphatic carbocycles. The first-order valence-electron chi connectivity index (χ1n) is 37.2. The number of benzene rings is 4. The summed E-state index contributed by atoms with van der Waals surface area (Å²) in [7, 11) is 0. The molecule has 39 nitrogen and oxygen atoms in total. The molecule has 0 saturated carbocycles. The minimum Gasteiger partial charge on any atom is -0.481 e. The first-order chi connectivity index (χ1) is 54.9. The van der Waals surface area contributed by atoms with Crippen LogP contribution in [0.1, 0.15) is 109 Å². The number of nitrogens with one attached hydrogen (secondary N) is 15. The van der Waals surface area contributed by atoms with Gasteiger partial charge in [0.15, 0.2) is 17.9 Å². The third-order valence-electron chi connectivity index (χ3n) is 19.1. The number of carboxylic acid groups (broad SMARTS) is 4. The van der Waals surface area contributed by atoms with Crippen molar-refractivity contribution in [3.8, 4) is 0 Å². The van der Waals surface area contributed by atoms with Crippen LogP contribution in [0.4, 0.5) is 11.4 Å². The lowest BCUT2D eigenvalue weighted by Crippen LogP contribution is -2.57. The van der Waals surface area contributed by atoms with Gasteiger partial charge >= 0.3 is 23.9 Å². The van der Waals surface area contributed by atoms with Crippen molar-refractivity contribution in [2.75, 3.05) is 62.2 Å². The molecule has 2 aliphatic rings. The van der Waals surface area contributed by atoms with Crippen LogP contribution in [0.3, 0.4) is 0 Å². The summed E-state index contributed by atoms with van der Waals surface area (Å²) in [4.78, 5) is 186. The smallest absolute Gasteiger partial charge is 0.305 e. The number of allylic oxidation sites excluding steroid dienone is 7. The number of fused-ring (bicyclic) bond motifs is 6. The van der Waals surface area contributed by atoms with Crippen LogP contribution in [0.15, 0.2) is 121 Å². The molecule has 0 bridgehead atoms. The van der Waals surface area contributed by atoms with Crippen molar-refractivity contribution in [3.63, 3.8) is 0 Å². The summed E-state index contributed by atoms with van der Waals surface area (Å²) in [6.07, 6.45) is 9.78. The number of nitrogens with two attached hydrogens (primary N) is 4. The van der Waals surface area contributed by atoms with E-state index in [-0.39, 0.29) is 95.0 Å². The first-order valence-corrected chi connectivity index (χ1v) is 37.2. The maximum Gasteiger partial charge on any atom is 0.305 e. The average Bonchev–Trinajstić information content (AvgIpc) is 1.58. The van der Waals surface area contributed by atoms with Gasteiger partial charge in [-0.05, 0) is 89.4 Å². The SMILES string of the molecule is CC1(C)\C(=C/C=C/C=C/C=C/C2N(CCC(=O)O)c3ccc4ccccc4c3C2(C)C)N(CCC(=O)N[C@@H](CCCNC(=N)N)C(=O)NCC(=O)N[C@@H](CC(=O)O)C(=O)N[C@@H](CCCNC(=N)N)C(=O)NCC(=O)N[C@@H](CC(=O)O)C(=O)N[C@@H](CCCNC(=N)N)C(=O)NCC(=O)N[C@@H](CC(=O)O)C(N)=O)c2ccc3ccccc3c21. The molecule has 39 heteroatoms. The van der Waals surface area contributed by atoms with E-state index in [1.165, 1.54) is 0 Å². The van der Waals surface area contributed by atoms with Crippen LogP contribution < -0.4 is 96.5 Å². The molecule has 0 saturated heterocycles. The molecule has 1 unspecified atom stereocenters. The van der Waals surface area contributed by atoms with E-state index >= 15 is 0 Å². The van der Waals surface area contributed by atoms with E-state index in [4.69, 9.17) is 44.3 Å². The van der Waals surface area contributed by atoms with Crippen LogP contribution in [-0.4, -0.2) is 216 Å². The molecule has 10 amide bonds. The number of carbonyl (C=O) groups excluding carboxylic acids is 10. The van der Waals surface area contributed by atoms with E-state index in [2.05, 4.69) is 121 Å². The Hall–Kier alpha value is -13.7. The summed E-state index contributed by atoms with van der Waals surface area (Å²) in [5.74, 6) is -17.7. The molecule has 4 aromatic rings. The number of carboxylic acids is 4. The number of guanidine groups is 3. The molecule has 116 heavy (non-hydrogen) atoms. The summed E-state index contributed by atoms with van der Waals surface area (Å²) in [5.41, 5.74) is 25.3. The highest BCUT2D eigenvalue weighted by atomic mass is 16.4. The van der Waals surface area contributed by atoms with E-state index in [1.54, 1.807) is 0 Å². The summed E-state index contributed by atoms with van der Waals surface area (Å²) in [5, 5.41) is 93.3. The number of primary amides is 1. The highest BCUT2D eigenvalue weighted by Crippen LogP contribution is 2.51. The molecular formula is C77H103N21O18. The highest BCUT2D eigenvalue weighted by Gasteiger charge is 2.45. The van der Waals surface area contributed by atoms with E-state index in [1.807, 2.05) is 95.2 Å². The monoisotopic (exact) mass is 1610 g/mol. The predicted octanol–water partition coefficient (Wildman–Crippen LogP) is -1.37. The van der Waals surface area contributed by atoms with Crippen molar-refractivity contribution >= 4 is 134 Å². The summed E-state index contributed by atoms with van der Waals surface area (Å²) < 4.78 is 0. The molecule has 6 rings (SSSR count). The van der Waals surface area contributed by atoms with Crippen molar-refractivity contribution in [3.05, 3.63) is 132 Å². The number of rotatable bonds is 46. The Kier molecular flexibility index (Phi) is 34.1. The molecule has 624 valence electrons. The van der Waals surface area contributed by atoms with Gasteiger partial charge in [0, 0.05) is 67.0 Å². The van der Waals surface area contributed by atoms with Crippen LogP contribution in [0, 0.1) is 16.2 Å². The summed E-state index contributed by atoms with van der Waals surface area (Å²) >= 11 is 0. The van der Waals surface area contributed by atoms with Crippen molar-refractivity contribution in [2.45, 2.75) is 151 Å². The van der Waals surface area contributed by atoms with Crippen molar-refractivity contribution in [2.24, 2.45) is 22.9 Å². The van der Waals surface area contributed by atoms with Gasteiger partial charge in [0.1, 0.15) is 36.3 Å². The summed E-state index contributed by atoms with van der Waals surface area (Å²) in [6.45, 7) is 6.15. The molecule has 7 atom stereocenters. The highest BCUT2D eigenvalue weighted by molar-refractivity contribution is 6.00. The molecule has 0 fully saturated rings. The number of hydrogen-bond donors (Lipinski definition) is 23. The Morgan fingerprint density at radius 1 is 0.431 bits per heavy atom. The van der Waals surface area contributed by atoms with Crippen molar-refractivity contribution < 1.29 is 87.5 Å². The maximum atomic E-state index is 14.2. The Bertz CT molecular complexity index is 4500. The minimum absolute atomic E-state index is 0.000509. The summed E-state index contributed by atoms with van der Waals surface area (Å²) in [6, 6.07) is 13.9. The second-order valence-electron chi connectivity index (χ2n) is 28.5. The number of anilines is 2. The molecule has 0 spiro atoms. The molecular weight excluding hydrogens is 1510 g/mol. The fourth-order valence-corrected chi connectivity index (χ4v) is 13.7. The Labute approximate surface area is 667 Å². The predicted molar refractivity (Wildman–Crippen MR) is 429 cm³/mol. The van der Waals surface area contributed by atoms with Gasteiger partial charge in [0.2, 0.25) is 59.1 Å². The molecule has 27 N–H and O–H groups in total. The zero-order valence-corrected chi connectivity index (χ0v) is 64.7. The topological polar surface area (TPSA) is 646 Å². The van der Waals surface area contributed by atoms with Gasteiger partial charge in [-0.15, -0.1) is 0 Å². The van der Waals surface area contributed by atoms with E-state index in [0.717, 1.165) is 49.7 Å². The maximum absolute atomic E-state index is 14.2. The number of carbonyl (C=O) groups is 14. The Morgan fingerprint density at radius 2 is 0.828 bits per heavy atom. The normalized spacial score (nSPS) is 15.6. The lowest BCUT2D eigenvalue weighted by molar-refractivity contribution is -0.142. The number of amides is 10. The Balaban J connectivity index is 1.12. The zero-order chi connectivity index (χ0) is 85.6. The van der Waals surface area contributed by atoms with Crippen LogP contribution in [0.5, 0.6) is 0 Å². The second-order valence-corrected chi connectivity index (χ2v) is 28.5. The number of nitrogens with zero attached hydrogens (tertiary/aromatic N) is 2. The standard InChI is InChI=1S/C77H103N21O18/c1-76(2)55(24-8-6-5-7-9-25-56-77(3,4)66-46-20-13-11-18-44(46)27-29-54(66)98(56)36-31-61(103)104)97(53-28-26-43-17-10-12-19-45(43)65(53)76)35-30-57(99)91-47(21-14-32-85-73(79)80)68(112)88-41-59(101)93-51(38-63(107)108)71(115)96-49(23-16-34-87-75(83)84)70(114)90-42-60(102)94-52(39-64(109)110)72(116)95-48(22-15-33-86-74(81)82)69(113)89-40-58(100)92-50(67(78)111)37-62(105)106/h5-13,17-20,24-29,47-52,56H,14-16,21-23,30-42H2,1-4H3,(H2,78,111)(H,88,112)(H,89,113)(H,90,114)(H,91,99)(H,92,100)(H,93,101)(H,94,102)(H,95,116)(H,96,115)(H,103,104)(H,105,106)(H,107,108)(H,109,110)(H4,79,80,85)(H4,81,82,86)(H4,83,84,87)/b7-5+,8-6+,25-9+,55-24+/t47-,48-,49-,50-,51-,52-,56?/m0/s1. The molecule has 2 aliphatic heterocycles. The van der Waals surface area contributed by atoms with Gasteiger partial charge in [0.05, 0.1) is 51.4 Å². The lowest BCUT2D eigenvalue weighted by atomic mass is 9.78. The van der Waals surface area contributed by atoms with Crippen LogP contribution in [-0.2, 0) is 78.0 Å². The Morgan fingerprint density at radius 3 is 1.27 bits per heavy atom. The van der Waals surface area contributed by atoms with Gasteiger partial charge in [-0.1, -0.05) is 125 Å². The van der Waals surface area contributed by atoms with Gasteiger partial charge in [0.25, 0.3) is 0 Å². The van der Waals surface area contributed by atoms with Crippen molar-refractivity contribution in [1.82, 2.24) is 63.8 Å². The van der Waals surface area contributed by atoms with Crippen LogP contribution in [0.2, 0.25) is 0 Å². The third-order valence-corrected chi connectivity index (χ3v) is 19.1. The second kappa shape index (κ2) is 43.4. The van der Waals surface area contributed by atoms with Crippen LogP contribution in [0.25, 0.3) is 21.5 Å². The quantitative estimate of drug-likeness (QED) is 0.0105. The van der Waals surface area contributed by atoms with Gasteiger partial charge in [-0.2, -0.15) is 0 Å². The first kappa shape index (κ1) is 91.2. The van der Waals surface area contributed by atoms with Gasteiger partial charge in [-0.25, -0.2) is 0 Å². The largest absolute Gasteiger partial charge is 0.481 e. The van der Waals surface area contributed by atoms with E-state index in [9.17, 15) is 82.4 Å². The van der Waals surface area contributed by atoms with E-state index < -0.39 is 175 Å². The fourth-order valence-electron chi connectivity index (χ4n) is 13.7. The van der Waals surface area contributed by atoms with E-state index in [0.29, 0.717) is 6.54 Å². The number of hydrogen-bond acceptors (Lipinski definition) is 19. The van der Waals surface area contributed by atoms with Crippen molar-refractivity contribution in [1.29, 1.82) is 16.2 Å². The van der Waals surface area contributed by atoms with Gasteiger partial charge in [-0.3, -0.25) is 83.4 Å². The minimum atomic E-state index is -1.97. The van der Waals surface area contributed by atoms with Crippen LogP contribution >= 0.6 is 0 Å². The fraction of sp³-hybridized carbons (Fsp3) is 0.416. The lowest BCUT2D eigenvalue weighted by Gasteiger charge is -2.32. The van der Waals surface area contributed by atoms with Gasteiger partial charge < -0.3 is 117 Å². The average molecular weight is 1610 g/mol. The zero-order valence-electron chi connectivity index (χ0n) is 64.7. The molecule has 0 aromatic heterocycles. The molecule has 0 radical (unpaired) electrons.